The van der Waals surface area contributed by atoms with E-state index in [9.17, 15) is 4.79 Å². The topological polar surface area (TPSA) is 40.5 Å². The molecule has 11 heavy (non-hydrogen) atoms. The first-order valence-corrected chi connectivity index (χ1v) is 3.68. The molecule has 1 N–H and O–H groups in total. The van der Waals surface area contributed by atoms with Gasteiger partial charge in [0.05, 0.1) is 0 Å². The second-order valence-electron chi connectivity index (χ2n) is 3.24. The van der Waals surface area contributed by atoms with E-state index in [-0.39, 0.29) is 0 Å². The summed E-state index contributed by atoms with van der Waals surface area (Å²) in [5, 5.41) is 8.83. The monoisotopic (exact) mass is 155 g/mol. The molecule has 0 amide bonds. The zero-order valence-corrected chi connectivity index (χ0v) is 6.87. The fourth-order valence-corrected chi connectivity index (χ4v) is 1.07. The van der Waals surface area contributed by atoms with Crippen LogP contribution in [-0.2, 0) is 4.79 Å². The standard InChI is InChI=1S/C8H13NO2/c1-8(2,7(10)11)9-5-3-4-6-9/h3-4H,5-6H2,1-2H3,(H,10,11). The quantitative estimate of drug-likeness (QED) is 0.597. The van der Waals surface area contributed by atoms with Crippen LogP contribution in [0.5, 0.6) is 0 Å². The second kappa shape index (κ2) is 2.66. The molecule has 0 spiro atoms. The third-order valence-electron chi connectivity index (χ3n) is 2.13. The zero-order chi connectivity index (χ0) is 8.48. The van der Waals surface area contributed by atoms with E-state index >= 15 is 0 Å². The largest absolute Gasteiger partial charge is 0.480 e. The summed E-state index contributed by atoms with van der Waals surface area (Å²) in [6, 6.07) is 0. The highest BCUT2D eigenvalue weighted by atomic mass is 16.4. The summed E-state index contributed by atoms with van der Waals surface area (Å²) in [7, 11) is 0. The van der Waals surface area contributed by atoms with Crippen LogP contribution >= 0.6 is 0 Å². The van der Waals surface area contributed by atoms with E-state index in [1.165, 1.54) is 0 Å². The van der Waals surface area contributed by atoms with Crippen LogP contribution < -0.4 is 0 Å². The number of hydrogen-bond acceptors (Lipinski definition) is 2. The average Bonchev–Trinajstić information content (AvgIpc) is 2.37. The lowest BCUT2D eigenvalue weighted by Gasteiger charge is -2.30. The summed E-state index contributed by atoms with van der Waals surface area (Å²) < 4.78 is 0. The van der Waals surface area contributed by atoms with Crippen molar-refractivity contribution >= 4 is 5.97 Å². The summed E-state index contributed by atoms with van der Waals surface area (Å²) in [5.41, 5.74) is -0.733. The maximum atomic E-state index is 10.7. The molecular weight excluding hydrogens is 142 g/mol. The van der Waals surface area contributed by atoms with Crippen molar-refractivity contribution in [3.63, 3.8) is 0 Å². The molecule has 0 aliphatic carbocycles. The van der Waals surface area contributed by atoms with Gasteiger partial charge in [-0.2, -0.15) is 0 Å². The molecule has 0 atom stereocenters. The number of carbonyl (C=O) groups is 1. The molecule has 3 nitrogen and oxygen atoms in total. The molecule has 1 aliphatic heterocycles. The molecular formula is C8H13NO2. The van der Waals surface area contributed by atoms with E-state index in [4.69, 9.17) is 5.11 Å². The molecule has 0 saturated carbocycles. The van der Waals surface area contributed by atoms with Crippen molar-refractivity contribution in [2.24, 2.45) is 0 Å². The van der Waals surface area contributed by atoms with Crippen molar-refractivity contribution in [1.29, 1.82) is 0 Å². The highest BCUT2D eigenvalue weighted by molar-refractivity contribution is 5.77. The SMILES string of the molecule is CC(C)(C(=O)O)N1CC=CC1. The number of carboxylic acids is 1. The van der Waals surface area contributed by atoms with E-state index in [2.05, 4.69) is 0 Å². The van der Waals surface area contributed by atoms with Crippen molar-refractivity contribution < 1.29 is 9.90 Å². The molecule has 3 heteroatoms. The zero-order valence-electron chi connectivity index (χ0n) is 6.87. The number of hydrogen-bond donors (Lipinski definition) is 1. The van der Waals surface area contributed by atoms with Gasteiger partial charge in [-0.15, -0.1) is 0 Å². The molecule has 62 valence electrons. The Balaban J connectivity index is 2.65. The van der Waals surface area contributed by atoms with E-state index in [0.717, 1.165) is 13.1 Å². The summed E-state index contributed by atoms with van der Waals surface area (Å²) in [5.74, 6) is -0.763. The van der Waals surface area contributed by atoms with Gasteiger partial charge in [0, 0.05) is 13.1 Å². The van der Waals surface area contributed by atoms with E-state index in [1.807, 2.05) is 17.1 Å². The average molecular weight is 155 g/mol. The van der Waals surface area contributed by atoms with Gasteiger partial charge < -0.3 is 5.11 Å². The number of carboxylic acid groups (broad SMARTS) is 1. The summed E-state index contributed by atoms with van der Waals surface area (Å²) in [4.78, 5) is 12.7. The van der Waals surface area contributed by atoms with Crippen LogP contribution in [-0.4, -0.2) is 34.6 Å². The Bertz CT molecular complexity index is 188. The van der Waals surface area contributed by atoms with Crippen LogP contribution in [0.3, 0.4) is 0 Å². The molecule has 1 heterocycles. The Morgan fingerprint density at radius 2 is 1.91 bits per heavy atom. The normalized spacial score (nSPS) is 19.1. The minimum absolute atomic E-state index is 0.733. The van der Waals surface area contributed by atoms with Crippen molar-refractivity contribution in [1.82, 2.24) is 4.90 Å². The van der Waals surface area contributed by atoms with Gasteiger partial charge >= 0.3 is 5.97 Å². The third kappa shape index (κ3) is 1.43. The predicted molar refractivity (Wildman–Crippen MR) is 42.4 cm³/mol. The fourth-order valence-electron chi connectivity index (χ4n) is 1.07. The first-order chi connectivity index (χ1) is 5.05. The van der Waals surface area contributed by atoms with Crippen LogP contribution in [0, 0.1) is 0 Å². The Morgan fingerprint density at radius 1 is 1.45 bits per heavy atom. The molecule has 0 fully saturated rings. The van der Waals surface area contributed by atoms with Crippen LogP contribution in [0.15, 0.2) is 12.2 Å². The van der Waals surface area contributed by atoms with Crippen LogP contribution in [0.25, 0.3) is 0 Å². The van der Waals surface area contributed by atoms with Gasteiger partial charge in [-0.1, -0.05) is 12.2 Å². The molecule has 1 aliphatic rings. The Morgan fingerprint density at radius 3 is 2.27 bits per heavy atom. The highest BCUT2D eigenvalue weighted by Crippen LogP contribution is 2.16. The summed E-state index contributed by atoms with van der Waals surface area (Å²) in [6.07, 6.45) is 3.98. The number of nitrogens with zero attached hydrogens (tertiary/aromatic N) is 1. The molecule has 1 rings (SSSR count). The van der Waals surface area contributed by atoms with Gasteiger partial charge in [-0.05, 0) is 13.8 Å². The molecule has 0 bridgehead atoms. The van der Waals surface area contributed by atoms with Gasteiger partial charge in [0.1, 0.15) is 5.54 Å². The van der Waals surface area contributed by atoms with Gasteiger partial charge in [-0.25, -0.2) is 0 Å². The molecule has 0 aromatic carbocycles. The third-order valence-corrected chi connectivity index (χ3v) is 2.13. The Labute approximate surface area is 66.3 Å². The molecule has 0 unspecified atom stereocenters. The van der Waals surface area contributed by atoms with E-state index < -0.39 is 11.5 Å². The van der Waals surface area contributed by atoms with Gasteiger partial charge in [0.15, 0.2) is 0 Å². The smallest absolute Gasteiger partial charge is 0.323 e. The summed E-state index contributed by atoms with van der Waals surface area (Å²) >= 11 is 0. The fraction of sp³-hybridized carbons (Fsp3) is 0.625. The van der Waals surface area contributed by atoms with Gasteiger partial charge in [0.2, 0.25) is 0 Å². The molecule has 0 saturated heterocycles. The minimum atomic E-state index is -0.763. The highest BCUT2D eigenvalue weighted by Gasteiger charge is 2.34. The van der Waals surface area contributed by atoms with Crippen molar-refractivity contribution in [2.45, 2.75) is 19.4 Å². The second-order valence-corrected chi connectivity index (χ2v) is 3.24. The molecule has 0 radical (unpaired) electrons. The van der Waals surface area contributed by atoms with Crippen molar-refractivity contribution in [3.8, 4) is 0 Å². The molecule has 0 aromatic heterocycles. The summed E-state index contributed by atoms with van der Waals surface area (Å²) in [6.45, 7) is 4.95. The number of rotatable bonds is 2. The van der Waals surface area contributed by atoms with Gasteiger partial charge in [0.25, 0.3) is 0 Å². The van der Waals surface area contributed by atoms with E-state index in [0.29, 0.717) is 0 Å². The minimum Gasteiger partial charge on any atom is -0.480 e. The predicted octanol–water partition coefficient (Wildman–Crippen LogP) is 0.721. The van der Waals surface area contributed by atoms with Gasteiger partial charge in [-0.3, -0.25) is 9.69 Å². The van der Waals surface area contributed by atoms with Crippen LogP contribution in [0.1, 0.15) is 13.8 Å². The maximum absolute atomic E-state index is 10.7. The molecule has 0 aromatic rings. The van der Waals surface area contributed by atoms with E-state index in [1.54, 1.807) is 13.8 Å². The lowest BCUT2D eigenvalue weighted by atomic mass is 10.0. The van der Waals surface area contributed by atoms with Crippen molar-refractivity contribution in [3.05, 3.63) is 12.2 Å². The number of aliphatic carboxylic acids is 1. The lowest BCUT2D eigenvalue weighted by Crippen LogP contribution is -2.48. The first-order valence-electron chi connectivity index (χ1n) is 3.68. The van der Waals surface area contributed by atoms with Crippen molar-refractivity contribution in [2.75, 3.05) is 13.1 Å². The first kappa shape index (κ1) is 8.27. The Kier molecular flexibility index (Phi) is 2.00. The van der Waals surface area contributed by atoms with Crippen LogP contribution in [0.2, 0.25) is 0 Å². The Hall–Kier alpha value is -0.830. The van der Waals surface area contributed by atoms with Crippen LogP contribution in [0.4, 0.5) is 0 Å². The maximum Gasteiger partial charge on any atom is 0.323 e. The lowest BCUT2D eigenvalue weighted by molar-refractivity contribution is -0.148.